The summed E-state index contributed by atoms with van der Waals surface area (Å²) in [4.78, 5) is 25.6. The van der Waals surface area contributed by atoms with Gasteiger partial charge in [-0.3, -0.25) is 9.69 Å². The lowest BCUT2D eigenvalue weighted by Crippen LogP contribution is -2.48. The van der Waals surface area contributed by atoms with Gasteiger partial charge in [0.1, 0.15) is 0 Å². The van der Waals surface area contributed by atoms with Crippen LogP contribution in [-0.2, 0) is 9.53 Å². The maximum absolute atomic E-state index is 13.3. The fourth-order valence-electron chi connectivity index (χ4n) is 5.94. The monoisotopic (exact) mass is 532 g/mol. The van der Waals surface area contributed by atoms with Crippen molar-refractivity contribution in [2.45, 2.75) is 58.9 Å². The van der Waals surface area contributed by atoms with Crippen LogP contribution >= 0.6 is 11.8 Å². The highest BCUT2D eigenvalue weighted by Gasteiger charge is 2.36. The summed E-state index contributed by atoms with van der Waals surface area (Å²) in [6.45, 7) is 16.3. The summed E-state index contributed by atoms with van der Waals surface area (Å²) in [5.74, 6) is 0.504. The first kappa shape index (κ1) is 26.8. The highest BCUT2D eigenvalue weighted by atomic mass is 32.2. The van der Waals surface area contributed by atoms with Gasteiger partial charge in [-0.05, 0) is 105 Å². The van der Waals surface area contributed by atoms with E-state index in [1.54, 1.807) is 4.90 Å². The van der Waals surface area contributed by atoms with Crippen LogP contribution in [0.5, 0.6) is 0 Å². The maximum atomic E-state index is 13.3. The second-order valence-electron chi connectivity index (χ2n) is 11.1. The number of anilines is 2. The molecule has 3 aliphatic rings. The molecule has 3 aliphatic heterocycles. The number of morpholine rings is 1. The van der Waals surface area contributed by atoms with Crippen LogP contribution in [0.15, 0.2) is 52.4 Å². The quantitative estimate of drug-likeness (QED) is 0.390. The van der Waals surface area contributed by atoms with Crippen molar-refractivity contribution >= 4 is 46.0 Å². The Morgan fingerprint density at radius 3 is 2.53 bits per heavy atom. The van der Waals surface area contributed by atoms with E-state index in [-0.39, 0.29) is 11.4 Å². The summed E-state index contributed by atoms with van der Waals surface area (Å²) in [5, 5.41) is 0.741. The molecule has 0 saturated carbocycles. The number of likely N-dealkylation sites (N-methyl/N-ethyl adjacent to an activating group) is 1. The Bertz CT molecular complexity index is 1230. The molecule has 3 heterocycles. The molecule has 2 saturated heterocycles. The lowest BCUT2D eigenvalue weighted by molar-refractivity contribution is -0.122. The Hall–Kier alpha value is -2.77. The van der Waals surface area contributed by atoms with Gasteiger partial charge in [-0.15, -0.1) is 0 Å². The number of amidine groups is 1. The molecular formula is C31H40N4O2S. The van der Waals surface area contributed by atoms with Gasteiger partial charge in [-0.25, -0.2) is 4.99 Å². The predicted octanol–water partition coefficient (Wildman–Crippen LogP) is 6.65. The minimum Gasteiger partial charge on any atom is -0.378 e. The molecular weight excluding hydrogens is 492 g/mol. The summed E-state index contributed by atoms with van der Waals surface area (Å²) < 4.78 is 5.46. The van der Waals surface area contributed by atoms with E-state index in [9.17, 15) is 4.79 Å². The number of hydrogen-bond donors (Lipinski definition) is 0. The Labute approximate surface area is 231 Å². The molecule has 2 aromatic carbocycles. The maximum Gasteiger partial charge on any atom is 0.266 e. The minimum atomic E-state index is 0.0284. The summed E-state index contributed by atoms with van der Waals surface area (Å²) >= 11 is 1.47. The first-order chi connectivity index (χ1) is 18.3. The van der Waals surface area contributed by atoms with E-state index in [0.29, 0.717) is 12.5 Å². The molecule has 5 rings (SSSR count). The summed E-state index contributed by atoms with van der Waals surface area (Å²) in [7, 11) is 0. The van der Waals surface area contributed by atoms with Crippen LogP contribution in [0.1, 0.15) is 64.5 Å². The molecule has 0 N–H and O–H groups in total. The van der Waals surface area contributed by atoms with Gasteiger partial charge in [0.2, 0.25) is 0 Å². The number of carbonyl (C=O) groups is 1. The number of nitrogens with zero attached hydrogens (tertiary/aromatic N) is 4. The molecule has 0 aromatic heterocycles. The third-order valence-electron chi connectivity index (χ3n) is 7.81. The smallest absolute Gasteiger partial charge is 0.266 e. The van der Waals surface area contributed by atoms with E-state index >= 15 is 0 Å². The van der Waals surface area contributed by atoms with Gasteiger partial charge >= 0.3 is 0 Å². The first-order valence-corrected chi connectivity index (χ1v) is 14.8. The Kier molecular flexibility index (Phi) is 7.87. The molecule has 1 unspecified atom stereocenters. The molecule has 0 radical (unpaired) electrons. The van der Waals surface area contributed by atoms with Gasteiger partial charge in [0.15, 0.2) is 5.17 Å². The number of carbonyl (C=O) groups excluding carboxylic acids is 1. The van der Waals surface area contributed by atoms with Crippen molar-refractivity contribution in [3.8, 4) is 0 Å². The van der Waals surface area contributed by atoms with Crippen molar-refractivity contribution in [2.24, 2.45) is 4.99 Å². The van der Waals surface area contributed by atoms with Crippen LogP contribution < -0.4 is 9.80 Å². The second-order valence-corrected chi connectivity index (χ2v) is 12.1. The van der Waals surface area contributed by atoms with E-state index in [4.69, 9.17) is 9.73 Å². The minimum absolute atomic E-state index is 0.0284. The molecule has 6 nitrogen and oxygen atoms in total. The fourth-order valence-corrected chi connectivity index (χ4v) is 7.00. The Morgan fingerprint density at radius 1 is 1.11 bits per heavy atom. The summed E-state index contributed by atoms with van der Waals surface area (Å²) in [6, 6.07) is 15.0. The molecule has 1 atom stereocenters. The average Bonchev–Trinajstić information content (AvgIpc) is 3.20. The molecule has 2 fully saturated rings. The Balaban J connectivity index is 1.38. The number of thioether (sulfide) groups is 1. The van der Waals surface area contributed by atoms with Crippen LogP contribution in [0.2, 0.25) is 0 Å². The van der Waals surface area contributed by atoms with Gasteiger partial charge in [-0.2, -0.15) is 0 Å². The van der Waals surface area contributed by atoms with Crippen molar-refractivity contribution in [3.05, 3.63) is 58.5 Å². The lowest BCUT2D eigenvalue weighted by atomic mass is 9.79. The molecule has 7 heteroatoms. The van der Waals surface area contributed by atoms with Crippen LogP contribution in [0.4, 0.5) is 17.1 Å². The van der Waals surface area contributed by atoms with Gasteiger partial charge in [-0.1, -0.05) is 19.9 Å². The predicted molar refractivity (Wildman–Crippen MR) is 161 cm³/mol. The van der Waals surface area contributed by atoms with E-state index in [2.05, 4.69) is 67.8 Å². The zero-order valence-corrected chi connectivity index (χ0v) is 24.2. The van der Waals surface area contributed by atoms with Gasteiger partial charge in [0, 0.05) is 43.1 Å². The van der Waals surface area contributed by atoms with Gasteiger partial charge in [0.05, 0.1) is 23.8 Å². The number of hydrogen-bond acceptors (Lipinski definition) is 6. The number of benzene rings is 2. The third-order valence-corrected chi connectivity index (χ3v) is 8.82. The van der Waals surface area contributed by atoms with Crippen LogP contribution in [0, 0.1) is 0 Å². The number of amides is 1. The highest BCUT2D eigenvalue weighted by Crippen LogP contribution is 2.44. The lowest BCUT2D eigenvalue weighted by Gasteiger charge is -2.47. The number of fused-ring (bicyclic) bond motifs is 1. The van der Waals surface area contributed by atoms with Crippen LogP contribution in [0.3, 0.4) is 0 Å². The van der Waals surface area contributed by atoms with Crippen molar-refractivity contribution in [2.75, 3.05) is 49.2 Å². The van der Waals surface area contributed by atoms with E-state index in [1.807, 2.05) is 25.1 Å². The molecule has 202 valence electrons. The van der Waals surface area contributed by atoms with Crippen molar-refractivity contribution in [1.29, 1.82) is 0 Å². The standard InChI is InChI=1S/C31H40N4O2S/c1-6-14-35-27-13-8-23(19-26(27)22(3)21-31(35,4)5)20-28-29(36)34(7-2)30(38-28)32-24-9-11-25(12-10-24)33-15-17-37-18-16-33/h8-13,19-20,22H,6-7,14-18,21H2,1-5H3/b28-20+,32-30?. The molecule has 0 spiro atoms. The number of ether oxygens (including phenoxy) is 1. The number of rotatable bonds is 6. The first-order valence-electron chi connectivity index (χ1n) is 13.9. The van der Waals surface area contributed by atoms with Gasteiger partial charge < -0.3 is 14.5 Å². The molecule has 1 amide bonds. The van der Waals surface area contributed by atoms with Crippen molar-refractivity contribution < 1.29 is 9.53 Å². The third kappa shape index (κ3) is 5.36. The largest absolute Gasteiger partial charge is 0.378 e. The van der Waals surface area contributed by atoms with E-state index in [1.165, 1.54) is 28.7 Å². The van der Waals surface area contributed by atoms with E-state index < -0.39 is 0 Å². The van der Waals surface area contributed by atoms with Crippen LogP contribution in [-0.4, -0.2) is 60.9 Å². The van der Waals surface area contributed by atoms with Gasteiger partial charge in [0.25, 0.3) is 5.91 Å². The SMILES string of the molecule is CCCN1c2ccc(/C=C3/SC(=Nc4ccc(N5CCOCC5)cc4)N(CC)C3=O)cc2C(C)CC1(C)C. The average molecular weight is 533 g/mol. The zero-order valence-electron chi connectivity index (χ0n) is 23.4. The topological polar surface area (TPSA) is 48.4 Å². The van der Waals surface area contributed by atoms with Crippen molar-refractivity contribution in [3.63, 3.8) is 0 Å². The van der Waals surface area contributed by atoms with Crippen LogP contribution in [0.25, 0.3) is 6.08 Å². The molecule has 38 heavy (non-hydrogen) atoms. The van der Waals surface area contributed by atoms with E-state index in [0.717, 1.165) is 67.0 Å². The highest BCUT2D eigenvalue weighted by molar-refractivity contribution is 8.18. The molecule has 2 aromatic rings. The fraction of sp³-hybridized carbons (Fsp3) is 0.484. The van der Waals surface area contributed by atoms with Crippen molar-refractivity contribution in [1.82, 2.24) is 4.90 Å². The summed E-state index contributed by atoms with van der Waals surface area (Å²) in [5.41, 5.74) is 5.98. The second kappa shape index (κ2) is 11.1. The summed E-state index contributed by atoms with van der Waals surface area (Å²) in [6.07, 6.45) is 4.29. The molecule has 0 bridgehead atoms. The molecule has 0 aliphatic carbocycles. The zero-order chi connectivity index (χ0) is 26.9. The Morgan fingerprint density at radius 2 is 1.84 bits per heavy atom. The number of aliphatic imine (C=N–C) groups is 1. The normalized spacial score (nSPS) is 23.4.